The van der Waals surface area contributed by atoms with E-state index in [1.54, 1.807) is 18.6 Å². The number of nitrogens with one attached hydrogen (secondary N) is 3. The zero-order chi connectivity index (χ0) is 30.0. The molecule has 0 saturated carbocycles. The van der Waals surface area contributed by atoms with Crippen molar-refractivity contribution in [3.63, 3.8) is 0 Å². The standard InChI is InChI=1S/C18H17N3.C15H14BrN.C3H4N2/c1-18(2)14-6-3-4-7-16(14)20-17-12-13(8-9-15(17)18)21-11-5-10-19-21;1-15(2)11-5-3-4-6-13(11)17-14-9-10(16)7-8-12(14)15;1-2-4-5-3-1/h3-12,20H,1-2H3;3-9,17H,1-2H3;1-3H,(H,4,5). The molecular weight excluding hydrogens is 596 g/mol. The van der Waals surface area contributed by atoms with Gasteiger partial charge in [0.1, 0.15) is 0 Å². The predicted molar refractivity (Wildman–Crippen MR) is 180 cm³/mol. The lowest BCUT2D eigenvalue weighted by Crippen LogP contribution is -2.26. The average Bonchev–Trinajstić information content (AvgIpc) is 3.75. The lowest BCUT2D eigenvalue weighted by atomic mass is 9.74. The summed E-state index contributed by atoms with van der Waals surface area (Å²) in [6.45, 7) is 9.11. The zero-order valence-corrected chi connectivity index (χ0v) is 26.4. The Morgan fingerprint density at radius 2 is 1.19 bits per heavy atom. The quantitative estimate of drug-likeness (QED) is 0.169. The summed E-state index contributed by atoms with van der Waals surface area (Å²) < 4.78 is 2.99. The highest BCUT2D eigenvalue weighted by atomic mass is 79.9. The molecule has 0 fully saturated rings. The summed E-state index contributed by atoms with van der Waals surface area (Å²) in [6, 6.07) is 33.8. The minimum absolute atomic E-state index is 0.000176. The van der Waals surface area contributed by atoms with E-state index in [1.165, 1.54) is 39.3 Å². The van der Waals surface area contributed by atoms with Crippen LogP contribution in [0.5, 0.6) is 0 Å². The van der Waals surface area contributed by atoms with Crippen LogP contribution in [0.1, 0.15) is 49.9 Å². The number of H-pyrrole nitrogens is 1. The van der Waals surface area contributed by atoms with Crippen LogP contribution in [-0.4, -0.2) is 20.0 Å². The second-order valence-corrected chi connectivity index (χ2v) is 12.6. The number of fused-ring (bicyclic) bond motifs is 4. The second kappa shape index (κ2) is 11.6. The van der Waals surface area contributed by atoms with Gasteiger partial charge >= 0.3 is 0 Å². The number of rotatable bonds is 1. The lowest BCUT2D eigenvalue weighted by molar-refractivity contribution is 0.637. The Labute approximate surface area is 261 Å². The van der Waals surface area contributed by atoms with Gasteiger partial charge in [-0.25, -0.2) is 4.68 Å². The van der Waals surface area contributed by atoms with Gasteiger partial charge < -0.3 is 10.6 Å². The molecule has 0 radical (unpaired) electrons. The van der Waals surface area contributed by atoms with E-state index in [-0.39, 0.29) is 10.8 Å². The fourth-order valence-corrected chi connectivity index (χ4v) is 6.34. The van der Waals surface area contributed by atoms with Crippen molar-refractivity contribution in [1.82, 2.24) is 20.0 Å². The van der Waals surface area contributed by atoms with Crippen LogP contribution in [0.2, 0.25) is 0 Å². The van der Waals surface area contributed by atoms with Crippen molar-refractivity contribution in [3.8, 4) is 5.69 Å². The van der Waals surface area contributed by atoms with Crippen LogP contribution in [0.4, 0.5) is 22.7 Å². The highest BCUT2D eigenvalue weighted by Gasteiger charge is 2.33. The van der Waals surface area contributed by atoms with E-state index in [1.807, 2.05) is 23.0 Å². The van der Waals surface area contributed by atoms with Crippen molar-refractivity contribution in [1.29, 1.82) is 0 Å². The van der Waals surface area contributed by atoms with Gasteiger partial charge in [0.15, 0.2) is 0 Å². The van der Waals surface area contributed by atoms with Crippen LogP contribution in [0.3, 0.4) is 0 Å². The maximum Gasteiger partial charge on any atom is 0.0666 e. The van der Waals surface area contributed by atoms with Crippen LogP contribution in [0.25, 0.3) is 5.69 Å². The normalized spacial score (nSPS) is 14.4. The molecule has 4 heterocycles. The average molecular weight is 632 g/mol. The summed E-state index contributed by atoms with van der Waals surface area (Å²) in [5.41, 5.74) is 11.2. The number of hydrogen-bond donors (Lipinski definition) is 3. The Balaban J connectivity index is 0.000000134. The molecule has 0 unspecified atom stereocenters. The summed E-state index contributed by atoms with van der Waals surface area (Å²) in [7, 11) is 0. The van der Waals surface area contributed by atoms with Gasteiger partial charge in [0.2, 0.25) is 0 Å². The number of anilines is 4. The maximum atomic E-state index is 4.30. The summed E-state index contributed by atoms with van der Waals surface area (Å²) in [6.07, 6.45) is 7.22. The first kappa shape index (κ1) is 28.5. The molecule has 8 rings (SSSR count). The molecule has 216 valence electrons. The van der Waals surface area contributed by atoms with Crippen LogP contribution >= 0.6 is 15.9 Å². The number of aromatic nitrogens is 4. The summed E-state index contributed by atoms with van der Waals surface area (Å²) in [5, 5.41) is 17.6. The number of hydrogen-bond acceptors (Lipinski definition) is 4. The van der Waals surface area contributed by atoms with Crippen LogP contribution in [0.15, 0.2) is 126 Å². The minimum atomic E-state index is -0.000176. The van der Waals surface area contributed by atoms with Gasteiger partial charge in [-0.1, -0.05) is 92.2 Å². The molecule has 3 N–H and O–H groups in total. The zero-order valence-electron chi connectivity index (χ0n) is 24.8. The molecule has 2 aliphatic rings. The van der Waals surface area contributed by atoms with Crippen molar-refractivity contribution in [2.45, 2.75) is 38.5 Å². The molecule has 0 amide bonds. The van der Waals surface area contributed by atoms with Gasteiger partial charge in [0.25, 0.3) is 0 Å². The first-order valence-electron chi connectivity index (χ1n) is 14.4. The van der Waals surface area contributed by atoms with E-state index in [0.29, 0.717) is 0 Å². The van der Waals surface area contributed by atoms with Gasteiger partial charge in [0.05, 0.1) is 5.69 Å². The maximum absolute atomic E-state index is 4.30. The van der Waals surface area contributed by atoms with E-state index in [9.17, 15) is 0 Å². The van der Waals surface area contributed by atoms with Crippen molar-refractivity contribution < 1.29 is 0 Å². The monoisotopic (exact) mass is 630 g/mol. The highest BCUT2D eigenvalue weighted by Crippen LogP contribution is 2.46. The molecule has 7 heteroatoms. The summed E-state index contributed by atoms with van der Waals surface area (Å²) in [4.78, 5) is 0. The van der Waals surface area contributed by atoms with Gasteiger partial charge in [-0.15, -0.1) is 0 Å². The molecule has 0 atom stereocenters. The Bertz CT molecular complexity index is 1820. The molecule has 0 bridgehead atoms. The lowest BCUT2D eigenvalue weighted by Gasteiger charge is -2.35. The van der Waals surface area contributed by atoms with Crippen LogP contribution in [0, 0.1) is 0 Å². The molecule has 43 heavy (non-hydrogen) atoms. The van der Waals surface area contributed by atoms with Gasteiger partial charge in [-0.3, -0.25) is 5.10 Å². The van der Waals surface area contributed by atoms with Crippen molar-refractivity contribution >= 4 is 38.7 Å². The first-order valence-corrected chi connectivity index (χ1v) is 15.2. The van der Waals surface area contributed by atoms with Crippen molar-refractivity contribution in [3.05, 3.63) is 149 Å². The van der Waals surface area contributed by atoms with E-state index in [0.717, 1.165) is 15.8 Å². The van der Waals surface area contributed by atoms with Gasteiger partial charge in [-0.05, 0) is 70.8 Å². The molecule has 0 aliphatic carbocycles. The summed E-state index contributed by atoms with van der Waals surface area (Å²) in [5.74, 6) is 0. The third-order valence-electron chi connectivity index (χ3n) is 8.25. The third-order valence-corrected chi connectivity index (χ3v) is 8.74. The number of nitrogens with zero attached hydrogens (tertiary/aromatic N) is 3. The minimum Gasteiger partial charge on any atom is -0.355 e. The molecule has 2 aromatic heterocycles. The molecule has 2 aliphatic heterocycles. The number of aromatic amines is 1. The summed E-state index contributed by atoms with van der Waals surface area (Å²) >= 11 is 3.53. The van der Waals surface area contributed by atoms with E-state index < -0.39 is 0 Å². The Morgan fingerprint density at radius 3 is 1.72 bits per heavy atom. The fraction of sp³-hybridized carbons (Fsp3) is 0.167. The molecule has 0 saturated heterocycles. The van der Waals surface area contributed by atoms with Crippen LogP contribution in [-0.2, 0) is 10.8 Å². The van der Waals surface area contributed by atoms with Crippen LogP contribution < -0.4 is 10.6 Å². The highest BCUT2D eigenvalue weighted by molar-refractivity contribution is 9.10. The topological polar surface area (TPSA) is 70.6 Å². The van der Waals surface area contributed by atoms with Gasteiger partial charge in [-0.2, -0.15) is 10.2 Å². The fourth-order valence-electron chi connectivity index (χ4n) is 5.98. The van der Waals surface area contributed by atoms with E-state index >= 15 is 0 Å². The Hall–Kier alpha value is -4.62. The number of benzene rings is 4. The van der Waals surface area contributed by atoms with Crippen molar-refractivity contribution in [2.75, 3.05) is 10.6 Å². The first-order chi connectivity index (χ1) is 20.7. The molecule has 0 spiro atoms. The van der Waals surface area contributed by atoms with Gasteiger partial charge in [0, 0.05) is 62.8 Å². The molecule has 6 aromatic rings. The Morgan fingerprint density at radius 1 is 0.605 bits per heavy atom. The number of halogens is 1. The third kappa shape index (κ3) is 5.60. The number of para-hydroxylation sites is 2. The SMILES string of the molecule is CC1(C)c2ccccc2Nc2cc(-n3cccn3)ccc21.CC1(C)c2ccccc2Nc2cc(Br)ccc21.c1cn[nH]c1. The molecule has 4 aromatic carbocycles. The predicted octanol–water partition coefficient (Wildman–Crippen LogP) is 9.50. The second-order valence-electron chi connectivity index (χ2n) is 11.7. The largest absolute Gasteiger partial charge is 0.355 e. The smallest absolute Gasteiger partial charge is 0.0666 e. The van der Waals surface area contributed by atoms with Crippen molar-refractivity contribution in [2.24, 2.45) is 0 Å². The molecule has 6 nitrogen and oxygen atoms in total. The molecular formula is C36H35BrN6. The Kier molecular flexibility index (Phi) is 7.67. The van der Waals surface area contributed by atoms with E-state index in [4.69, 9.17) is 0 Å². The van der Waals surface area contributed by atoms with E-state index in [2.05, 4.69) is 154 Å².